The second-order valence-corrected chi connectivity index (χ2v) is 16.1. The number of anilines is 3. The molecule has 0 unspecified atom stereocenters. The topological polar surface area (TPSA) is 3.24 Å². The van der Waals surface area contributed by atoms with Crippen LogP contribution in [0.25, 0.3) is 53.6 Å². The van der Waals surface area contributed by atoms with E-state index in [4.69, 9.17) is 0 Å². The van der Waals surface area contributed by atoms with Gasteiger partial charge < -0.3 is 4.90 Å². The van der Waals surface area contributed by atoms with Crippen LogP contribution >= 0.6 is 11.3 Å². The normalized spacial score (nSPS) is 14.7. The molecule has 1 aromatic heterocycles. The van der Waals surface area contributed by atoms with Gasteiger partial charge in [0, 0.05) is 48.1 Å². The summed E-state index contributed by atoms with van der Waals surface area (Å²) >= 11 is 1.87. The molecule has 0 saturated heterocycles. The van der Waals surface area contributed by atoms with Crippen molar-refractivity contribution in [1.29, 1.82) is 0 Å². The summed E-state index contributed by atoms with van der Waals surface area (Å²) in [6.07, 6.45) is 0. The predicted octanol–water partition coefficient (Wildman–Crippen LogP) is 13.8. The molecule has 0 spiro atoms. The summed E-state index contributed by atoms with van der Waals surface area (Å²) in [6, 6.07) is 56.8. The van der Waals surface area contributed by atoms with E-state index in [1.165, 1.54) is 87.2 Å². The van der Waals surface area contributed by atoms with Crippen molar-refractivity contribution in [3.63, 3.8) is 0 Å². The zero-order chi connectivity index (χ0) is 33.8. The first kappa shape index (κ1) is 29.5. The van der Waals surface area contributed by atoms with Gasteiger partial charge >= 0.3 is 0 Å². The molecule has 0 radical (unpaired) electrons. The molecule has 2 heteroatoms. The summed E-state index contributed by atoms with van der Waals surface area (Å²) in [7, 11) is 0. The van der Waals surface area contributed by atoms with Gasteiger partial charge in [0.2, 0.25) is 0 Å². The van der Waals surface area contributed by atoms with E-state index in [0.717, 1.165) is 5.69 Å². The van der Waals surface area contributed by atoms with Crippen LogP contribution in [0, 0.1) is 0 Å². The fourth-order valence-electron chi connectivity index (χ4n) is 8.82. The lowest BCUT2D eigenvalue weighted by Gasteiger charge is -2.30. The van der Waals surface area contributed by atoms with Crippen molar-refractivity contribution in [2.75, 3.05) is 4.90 Å². The molecular formula is C48H37NS. The highest BCUT2D eigenvalue weighted by Crippen LogP contribution is 2.53. The monoisotopic (exact) mass is 659 g/mol. The molecule has 2 aliphatic rings. The maximum absolute atomic E-state index is 2.46. The van der Waals surface area contributed by atoms with Gasteiger partial charge in [-0.25, -0.2) is 0 Å². The van der Waals surface area contributed by atoms with E-state index < -0.39 is 0 Å². The van der Waals surface area contributed by atoms with Crippen LogP contribution in [0.2, 0.25) is 0 Å². The lowest BCUT2D eigenvalue weighted by atomic mass is 9.82. The fourth-order valence-corrected chi connectivity index (χ4v) is 9.96. The molecule has 0 saturated carbocycles. The summed E-state index contributed by atoms with van der Waals surface area (Å²) < 4.78 is 2.67. The number of benzene rings is 7. The second-order valence-electron chi connectivity index (χ2n) is 15.0. The van der Waals surface area contributed by atoms with Gasteiger partial charge in [0.25, 0.3) is 0 Å². The van der Waals surface area contributed by atoms with Crippen LogP contribution in [0.4, 0.5) is 17.1 Å². The Morgan fingerprint density at radius 3 is 1.48 bits per heavy atom. The van der Waals surface area contributed by atoms with Crippen molar-refractivity contribution in [2.24, 2.45) is 0 Å². The highest BCUT2D eigenvalue weighted by atomic mass is 32.1. The van der Waals surface area contributed by atoms with E-state index in [1.807, 2.05) is 11.3 Å². The van der Waals surface area contributed by atoms with Gasteiger partial charge in [-0.05, 0) is 104 Å². The van der Waals surface area contributed by atoms with Crippen LogP contribution in [0.1, 0.15) is 49.9 Å². The maximum atomic E-state index is 2.46. The summed E-state index contributed by atoms with van der Waals surface area (Å²) in [4.78, 5) is 2.46. The van der Waals surface area contributed by atoms with Crippen molar-refractivity contribution >= 4 is 48.6 Å². The average Bonchev–Trinajstić information content (AvgIpc) is 3.71. The Labute approximate surface area is 298 Å². The van der Waals surface area contributed by atoms with E-state index >= 15 is 0 Å². The minimum Gasteiger partial charge on any atom is -0.310 e. The Balaban J connectivity index is 1.11. The lowest BCUT2D eigenvalue weighted by molar-refractivity contribution is 0.660. The third kappa shape index (κ3) is 4.18. The number of hydrogen-bond acceptors (Lipinski definition) is 2. The molecule has 0 N–H and O–H groups in total. The van der Waals surface area contributed by atoms with E-state index in [9.17, 15) is 0 Å². The fraction of sp³-hybridized carbons (Fsp3) is 0.125. The number of hydrogen-bond donors (Lipinski definition) is 0. The van der Waals surface area contributed by atoms with Gasteiger partial charge in [0.1, 0.15) is 0 Å². The molecule has 50 heavy (non-hydrogen) atoms. The minimum atomic E-state index is -0.0791. The van der Waals surface area contributed by atoms with Crippen LogP contribution in [0.5, 0.6) is 0 Å². The number of fused-ring (bicyclic) bond motifs is 9. The lowest BCUT2D eigenvalue weighted by Crippen LogP contribution is -2.18. The number of thiophene rings is 1. The van der Waals surface area contributed by atoms with E-state index in [2.05, 4.69) is 184 Å². The highest BCUT2D eigenvalue weighted by Gasteiger charge is 2.37. The standard InChI is InChI=1S/C48H37NS/c1-47(2)41-14-8-5-11-35(41)37-25-22-33(28-43(37)47)49(34-23-26-38-36-12-6-9-15-42(36)48(3,4)44(38)29-34)32-20-17-30(18-21-32)31-19-24-40-39-13-7-10-16-45(39)50-46(40)27-31/h5-29H,1-4H3. The second kappa shape index (κ2) is 10.5. The van der Waals surface area contributed by atoms with Crippen molar-refractivity contribution in [1.82, 2.24) is 0 Å². The Kier molecular flexibility index (Phi) is 6.21. The molecule has 7 aromatic carbocycles. The van der Waals surface area contributed by atoms with Gasteiger partial charge in [0.15, 0.2) is 0 Å². The van der Waals surface area contributed by atoms with Crippen LogP contribution in [-0.4, -0.2) is 0 Å². The molecule has 0 fully saturated rings. The molecule has 2 aliphatic carbocycles. The quantitative estimate of drug-likeness (QED) is 0.182. The first-order chi connectivity index (χ1) is 24.3. The molecule has 1 heterocycles. The van der Waals surface area contributed by atoms with Gasteiger partial charge in [-0.2, -0.15) is 0 Å². The van der Waals surface area contributed by atoms with Gasteiger partial charge in [-0.1, -0.05) is 131 Å². The predicted molar refractivity (Wildman–Crippen MR) is 215 cm³/mol. The van der Waals surface area contributed by atoms with E-state index in [0.29, 0.717) is 0 Å². The first-order valence-electron chi connectivity index (χ1n) is 17.6. The smallest absolute Gasteiger partial charge is 0.0465 e. The molecule has 240 valence electrons. The Bertz CT molecular complexity index is 2550. The van der Waals surface area contributed by atoms with Crippen molar-refractivity contribution < 1.29 is 0 Å². The third-order valence-electron chi connectivity index (χ3n) is 11.5. The van der Waals surface area contributed by atoms with Gasteiger partial charge in [-0.3, -0.25) is 0 Å². The zero-order valence-electron chi connectivity index (χ0n) is 28.8. The first-order valence-corrected chi connectivity index (χ1v) is 18.4. The van der Waals surface area contributed by atoms with Crippen LogP contribution in [-0.2, 0) is 10.8 Å². The SMILES string of the molecule is CC1(C)c2ccccc2-c2ccc(N(c3ccc(-c4ccc5c(c4)sc4ccccc45)cc3)c3ccc4c(c3)C(C)(C)c3ccccc3-4)cc21. The van der Waals surface area contributed by atoms with E-state index in [-0.39, 0.29) is 10.8 Å². The number of nitrogens with zero attached hydrogens (tertiary/aromatic N) is 1. The maximum Gasteiger partial charge on any atom is 0.0465 e. The third-order valence-corrected chi connectivity index (χ3v) is 12.6. The Morgan fingerprint density at radius 2 is 0.860 bits per heavy atom. The zero-order valence-corrected chi connectivity index (χ0v) is 29.6. The van der Waals surface area contributed by atoms with Gasteiger partial charge in [-0.15, -0.1) is 11.3 Å². The molecule has 8 aromatic rings. The molecule has 1 nitrogen and oxygen atoms in total. The highest BCUT2D eigenvalue weighted by molar-refractivity contribution is 7.25. The van der Waals surface area contributed by atoms with Crippen molar-refractivity contribution in [3.05, 3.63) is 174 Å². The Hall–Kier alpha value is -5.44. The van der Waals surface area contributed by atoms with Crippen LogP contribution in [0.3, 0.4) is 0 Å². The minimum absolute atomic E-state index is 0.0791. The molecule has 0 atom stereocenters. The van der Waals surface area contributed by atoms with Crippen molar-refractivity contribution in [3.8, 4) is 33.4 Å². The summed E-state index contributed by atoms with van der Waals surface area (Å²) in [6.45, 7) is 9.46. The molecular weight excluding hydrogens is 623 g/mol. The largest absolute Gasteiger partial charge is 0.310 e. The van der Waals surface area contributed by atoms with Crippen molar-refractivity contribution in [2.45, 2.75) is 38.5 Å². The number of rotatable bonds is 4. The summed E-state index contributed by atoms with van der Waals surface area (Å²) in [5.74, 6) is 0. The molecule has 10 rings (SSSR count). The van der Waals surface area contributed by atoms with Crippen LogP contribution in [0.15, 0.2) is 152 Å². The van der Waals surface area contributed by atoms with Gasteiger partial charge in [0.05, 0.1) is 0 Å². The molecule has 0 amide bonds. The average molecular weight is 660 g/mol. The summed E-state index contributed by atoms with van der Waals surface area (Å²) in [5.41, 5.74) is 16.8. The summed E-state index contributed by atoms with van der Waals surface area (Å²) in [5, 5.41) is 2.67. The van der Waals surface area contributed by atoms with E-state index in [1.54, 1.807) is 0 Å². The molecule has 0 bridgehead atoms. The Morgan fingerprint density at radius 1 is 0.380 bits per heavy atom. The molecule has 0 aliphatic heterocycles. The van der Waals surface area contributed by atoms with Crippen LogP contribution < -0.4 is 4.90 Å².